The second kappa shape index (κ2) is 8.37. The number of hydrogen-bond acceptors (Lipinski definition) is 7. The number of ether oxygens (including phenoxy) is 3. The molecule has 1 amide bonds. The van der Waals surface area contributed by atoms with Crippen LogP contribution in [0.3, 0.4) is 0 Å². The van der Waals surface area contributed by atoms with Gasteiger partial charge in [0.15, 0.2) is 11.5 Å². The quantitative estimate of drug-likeness (QED) is 0.453. The molecule has 2 aromatic carbocycles. The number of anilines is 1. The van der Waals surface area contributed by atoms with E-state index in [-0.39, 0.29) is 33.3 Å². The lowest BCUT2D eigenvalue weighted by Crippen LogP contribution is -2.17. The summed E-state index contributed by atoms with van der Waals surface area (Å²) in [4.78, 5) is 35.1. The molecule has 2 rings (SSSR count). The van der Waals surface area contributed by atoms with E-state index in [9.17, 15) is 19.7 Å². The second-order valence-electron chi connectivity index (χ2n) is 5.12. The topological polar surface area (TPSA) is 117 Å². The standard InChI is InChI=1S/C17H15ClN2O7/c1-25-14-7-11(17(22)27-3)12(8-15(14)26-2)19-16(21)10-5-4-9(18)6-13(10)20(23)24/h4-8H,1-3H3,(H,19,21). The number of nitro groups is 1. The number of benzene rings is 2. The summed E-state index contributed by atoms with van der Waals surface area (Å²) in [6, 6.07) is 6.31. The highest BCUT2D eigenvalue weighted by Crippen LogP contribution is 2.34. The first-order chi connectivity index (χ1) is 12.8. The maximum Gasteiger partial charge on any atom is 0.340 e. The lowest BCUT2D eigenvalue weighted by Gasteiger charge is -2.14. The molecule has 0 fully saturated rings. The van der Waals surface area contributed by atoms with Crippen LogP contribution < -0.4 is 14.8 Å². The number of esters is 1. The molecule has 27 heavy (non-hydrogen) atoms. The molecule has 0 aliphatic carbocycles. The third kappa shape index (κ3) is 4.26. The molecule has 0 bridgehead atoms. The van der Waals surface area contributed by atoms with Gasteiger partial charge in [0.25, 0.3) is 11.6 Å². The average molecular weight is 395 g/mol. The molecule has 0 aliphatic rings. The number of amides is 1. The number of rotatable bonds is 6. The molecule has 0 saturated heterocycles. The van der Waals surface area contributed by atoms with Gasteiger partial charge in [-0.1, -0.05) is 11.6 Å². The number of hydrogen-bond donors (Lipinski definition) is 1. The normalized spacial score (nSPS) is 10.1. The van der Waals surface area contributed by atoms with E-state index in [1.54, 1.807) is 0 Å². The average Bonchev–Trinajstić information content (AvgIpc) is 2.66. The molecule has 0 radical (unpaired) electrons. The number of methoxy groups -OCH3 is 3. The van der Waals surface area contributed by atoms with Crippen LogP contribution in [0.1, 0.15) is 20.7 Å². The summed E-state index contributed by atoms with van der Waals surface area (Å²) < 4.78 is 15.0. The van der Waals surface area contributed by atoms with Crippen molar-refractivity contribution in [1.82, 2.24) is 0 Å². The molecule has 1 N–H and O–H groups in total. The molecule has 0 heterocycles. The Morgan fingerprint density at radius 2 is 1.67 bits per heavy atom. The van der Waals surface area contributed by atoms with Crippen molar-refractivity contribution >= 4 is 34.9 Å². The van der Waals surface area contributed by atoms with Gasteiger partial charge in [0.1, 0.15) is 5.56 Å². The summed E-state index contributed by atoms with van der Waals surface area (Å²) in [6.07, 6.45) is 0. The maximum atomic E-state index is 12.6. The van der Waals surface area contributed by atoms with Crippen LogP contribution in [-0.4, -0.2) is 38.1 Å². The predicted octanol–water partition coefficient (Wildman–Crippen LogP) is 3.30. The Morgan fingerprint density at radius 3 is 2.22 bits per heavy atom. The van der Waals surface area contributed by atoms with Gasteiger partial charge in [0.2, 0.25) is 0 Å². The summed E-state index contributed by atoms with van der Waals surface area (Å²) in [5.74, 6) is -1.06. The van der Waals surface area contributed by atoms with Gasteiger partial charge in [0, 0.05) is 23.2 Å². The van der Waals surface area contributed by atoms with Crippen molar-refractivity contribution in [3.05, 3.63) is 56.6 Å². The summed E-state index contributed by atoms with van der Waals surface area (Å²) in [5.41, 5.74) is -0.677. The number of halogens is 1. The molecule has 10 heteroatoms. The first-order valence-corrected chi connectivity index (χ1v) is 7.79. The molecular formula is C17H15ClN2O7. The van der Waals surface area contributed by atoms with Gasteiger partial charge in [-0.25, -0.2) is 4.79 Å². The fourth-order valence-corrected chi connectivity index (χ4v) is 2.47. The molecule has 0 atom stereocenters. The van der Waals surface area contributed by atoms with Crippen LogP contribution in [0.2, 0.25) is 5.02 Å². The molecule has 2 aromatic rings. The second-order valence-corrected chi connectivity index (χ2v) is 5.55. The Kier molecular flexibility index (Phi) is 6.19. The molecule has 142 valence electrons. The van der Waals surface area contributed by atoms with Crippen LogP contribution in [0.4, 0.5) is 11.4 Å². The van der Waals surface area contributed by atoms with E-state index in [1.165, 1.54) is 45.6 Å². The fourth-order valence-electron chi connectivity index (χ4n) is 2.30. The first-order valence-electron chi connectivity index (χ1n) is 7.42. The summed E-state index contributed by atoms with van der Waals surface area (Å²) in [6.45, 7) is 0. The fraction of sp³-hybridized carbons (Fsp3) is 0.176. The van der Waals surface area contributed by atoms with Crippen molar-refractivity contribution in [1.29, 1.82) is 0 Å². The third-order valence-corrected chi connectivity index (χ3v) is 3.81. The van der Waals surface area contributed by atoms with E-state index >= 15 is 0 Å². The van der Waals surface area contributed by atoms with E-state index in [2.05, 4.69) is 5.32 Å². The van der Waals surface area contributed by atoms with Gasteiger partial charge < -0.3 is 19.5 Å². The van der Waals surface area contributed by atoms with E-state index < -0.39 is 22.5 Å². The Balaban J connectivity index is 2.51. The van der Waals surface area contributed by atoms with Crippen LogP contribution in [0.25, 0.3) is 0 Å². The number of carbonyl (C=O) groups excluding carboxylic acids is 2. The van der Waals surface area contributed by atoms with Crippen molar-refractivity contribution in [2.75, 3.05) is 26.6 Å². The van der Waals surface area contributed by atoms with Gasteiger partial charge in [-0.15, -0.1) is 0 Å². The minimum absolute atomic E-state index is 0.0138. The molecule has 0 aliphatic heterocycles. The minimum Gasteiger partial charge on any atom is -0.493 e. The number of nitro benzene ring substituents is 1. The van der Waals surface area contributed by atoms with Crippen molar-refractivity contribution in [2.45, 2.75) is 0 Å². The molecular weight excluding hydrogens is 380 g/mol. The van der Waals surface area contributed by atoms with Crippen LogP contribution in [0, 0.1) is 10.1 Å². The molecule has 0 aromatic heterocycles. The Morgan fingerprint density at radius 1 is 1.04 bits per heavy atom. The maximum absolute atomic E-state index is 12.6. The third-order valence-electron chi connectivity index (χ3n) is 3.58. The van der Waals surface area contributed by atoms with Crippen molar-refractivity contribution < 1.29 is 28.7 Å². The Bertz CT molecular complexity index is 914. The summed E-state index contributed by atoms with van der Waals surface area (Å²) in [7, 11) is 3.94. The van der Waals surface area contributed by atoms with E-state index in [0.717, 1.165) is 6.07 Å². The van der Waals surface area contributed by atoms with E-state index in [1.807, 2.05) is 0 Å². The zero-order valence-electron chi connectivity index (χ0n) is 14.6. The highest BCUT2D eigenvalue weighted by molar-refractivity contribution is 6.31. The summed E-state index contributed by atoms with van der Waals surface area (Å²) in [5, 5.41) is 13.8. The highest BCUT2D eigenvalue weighted by atomic mass is 35.5. The van der Waals surface area contributed by atoms with Crippen molar-refractivity contribution in [3.63, 3.8) is 0 Å². The van der Waals surface area contributed by atoms with Gasteiger partial charge >= 0.3 is 5.97 Å². The monoisotopic (exact) mass is 394 g/mol. The van der Waals surface area contributed by atoms with Gasteiger partial charge in [-0.05, 0) is 12.1 Å². The van der Waals surface area contributed by atoms with Crippen molar-refractivity contribution in [2.24, 2.45) is 0 Å². The number of carbonyl (C=O) groups is 2. The van der Waals surface area contributed by atoms with Crippen LogP contribution in [0.5, 0.6) is 11.5 Å². The largest absolute Gasteiger partial charge is 0.493 e. The molecule has 0 spiro atoms. The van der Waals surface area contributed by atoms with Crippen LogP contribution in [0.15, 0.2) is 30.3 Å². The lowest BCUT2D eigenvalue weighted by molar-refractivity contribution is -0.385. The lowest BCUT2D eigenvalue weighted by atomic mass is 10.1. The number of nitrogens with zero attached hydrogens (tertiary/aromatic N) is 1. The van der Waals surface area contributed by atoms with Gasteiger partial charge in [-0.2, -0.15) is 0 Å². The first kappa shape index (κ1) is 20.0. The molecule has 0 unspecified atom stereocenters. The Hall–Kier alpha value is -3.33. The predicted molar refractivity (Wildman–Crippen MR) is 96.9 cm³/mol. The van der Waals surface area contributed by atoms with E-state index in [0.29, 0.717) is 0 Å². The number of nitrogens with one attached hydrogen (secondary N) is 1. The van der Waals surface area contributed by atoms with Gasteiger partial charge in [-0.3, -0.25) is 14.9 Å². The summed E-state index contributed by atoms with van der Waals surface area (Å²) >= 11 is 5.76. The van der Waals surface area contributed by atoms with E-state index in [4.69, 9.17) is 25.8 Å². The van der Waals surface area contributed by atoms with Crippen LogP contribution >= 0.6 is 11.6 Å². The minimum atomic E-state index is -0.810. The smallest absolute Gasteiger partial charge is 0.340 e. The van der Waals surface area contributed by atoms with Crippen molar-refractivity contribution in [3.8, 4) is 11.5 Å². The zero-order chi connectivity index (χ0) is 20.1. The molecule has 9 nitrogen and oxygen atoms in total. The Labute approximate surface area is 158 Å². The zero-order valence-corrected chi connectivity index (χ0v) is 15.3. The van der Waals surface area contributed by atoms with Gasteiger partial charge in [0.05, 0.1) is 37.5 Å². The van der Waals surface area contributed by atoms with Crippen LogP contribution in [-0.2, 0) is 4.74 Å². The molecule has 0 saturated carbocycles. The SMILES string of the molecule is COC(=O)c1cc(OC)c(OC)cc1NC(=O)c1ccc(Cl)cc1[N+](=O)[O-]. The highest BCUT2D eigenvalue weighted by Gasteiger charge is 2.24.